The molecule has 2 nitrogen and oxygen atoms in total. The largest absolute Gasteiger partial charge is 0.265 e. The summed E-state index contributed by atoms with van der Waals surface area (Å²) in [5, 5.41) is 0. The van der Waals surface area contributed by atoms with Crippen LogP contribution in [0, 0.1) is 0 Å². The maximum Gasteiger partial charge on any atom is 0.0671 e. The maximum absolute atomic E-state index is 4.32. The molecule has 0 spiro atoms. The van der Waals surface area contributed by atoms with Crippen LogP contribution in [0.3, 0.4) is 0 Å². The van der Waals surface area contributed by atoms with Crippen molar-refractivity contribution in [3.8, 4) is 0 Å². The molecule has 2 heteroatoms. The average Bonchev–Trinajstić information content (AvgIpc) is 2.64. The van der Waals surface area contributed by atoms with E-state index in [-0.39, 0.29) is 0 Å². The molecule has 0 aromatic rings. The molecule has 0 amide bonds. The molecule has 0 N–H and O–H groups in total. The zero-order valence-electron chi connectivity index (χ0n) is 8.22. The Bertz CT molecular complexity index is 509. The van der Waals surface area contributed by atoms with E-state index in [4.69, 9.17) is 0 Å². The minimum atomic E-state index is 0.968. The number of rotatable bonds is 0. The fourth-order valence-electron chi connectivity index (χ4n) is 1.89. The van der Waals surface area contributed by atoms with Gasteiger partial charge in [0.2, 0.25) is 0 Å². The minimum absolute atomic E-state index is 0.968. The van der Waals surface area contributed by atoms with Crippen molar-refractivity contribution in [3.63, 3.8) is 0 Å². The zero-order valence-corrected chi connectivity index (χ0v) is 8.22. The van der Waals surface area contributed by atoms with E-state index in [2.05, 4.69) is 28.2 Å². The molecule has 72 valence electrons. The topological polar surface area (TPSA) is 24.7 Å². The second-order valence-corrected chi connectivity index (χ2v) is 3.63. The lowest BCUT2D eigenvalue weighted by Gasteiger charge is -2.15. The first kappa shape index (κ1) is 8.36. The molecule has 0 radical (unpaired) electrons. The van der Waals surface area contributed by atoms with Crippen LogP contribution in [0.5, 0.6) is 0 Å². The molecular weight excluding hydrogens is 184 g/mol. The number of hydrogen-bond donors (Lipinski definition) is 0. The second kappa shape index (κ2) is 3.31. The van der Waals surface area contributed by atoms with E-state index in [0.717, 1.165) is 12.1 Å². The minimum Gasteiger partial charge on any atom is -0.265 e. The highest BCUT2D eigenvalue weighted by molar-refractivity contribution is 5.81. The van der Waals surface area contributed by atoms with Gasteiger partial charge in [0.25, 0.3) is 0 Å². The Kier molecular flexibility index (Phi) is 1.85. The highest BCUT2D eigenvalue weighted by atomic mass is 14.8. The van der Waals surface area contributed by atoms with Crippen molar-refractivity contribution >= 4 is 12.4 Å². The van der Waals surface area contributed by atoms with Crippen LogP contribution in [-0.4, -0.2) is 12.4 Å². The van der Waals surface area contributed by atoms with Crippen molar-refractivity contribution in [2.45, 2.75) is 6.42 Å². The van der Waals surface area contributed by atoms with E-state index in [1.165, 1.54) is 16.7 Å². The van der Waals surface area contributed by atoms with Crippen LogP contribution in [0.4, 0.5) is 0 Å². The van der Waals surface area contributed by atoms with Crippen LogP contribution in [0.15, 0.2) is 69.0 Å². The summed E-state index contributed by atoms with van der Waals surface area (Å²) in [6, 6.07) is 0. The Morgan fingerprint density at radius 1 is 1.13 bits per heavy atom. The molecule has 0 bridgehead atoms. The number of allylic oxidation sites excluding steroid dienone is 8. The van der Waals surface area contributed by atoms with Gasteiger partial charge >= 0.3 is 0 Å². The fraction of sp³-hybridized carbons (Fsp3) is 0.0769. The van der Waals surface area contributed by atoms with E-state index < -0.39 is 0 Å². The molecular formula is C13H10N2. The lowest BCUT2D eigenvalue weighted by atomic mass is 9.91. The summed E-state index contributed by atoms with van der Waals surface area (Å²) in [6.07, 6.45) is 16.8. The Balaban J connectivity index is 2.08. The molecule has 0 unspecified atom stereocenters. The Hall–Kier alpha value is -1.96. The zero-order chi connectivity index (χ0) is 10.1. The van der Waals surface area contributed by atoms with Crippen LogP contribution in [0.25, 0.3) is 0 Å². The van der Waals surface area contributed by atoms with Crippen molar-refractivity contribution in [3.05, 3.63) is 59.0 Å². The van der Waals surface area contributed by atoms with Crippen LogP contribution >= 0.6 is 0 Å². The smallest absolute Gasteiger partial charge is 0.0671 e. The van der Waals surface area contributed by atoms with Gasteiger partial charge in [-0.1, -0.05) is 6.08 Å². The van der Waals surface area contributed by atoms with Crippen LogP contribution < -0.4 is 0 Å². The molecule has 0 atom stereocenters. The first-order valence-electron chi connectivity index (χ1n) is 4.98. The summed E-state index contributed by atoms with van der Waals surface area (Å²) in [5.74, 6) is 0. The summed E-state index contributed by atoms with van der Waals surface area (Å²) >= 11 is 0. The third-order valence-electron chi connectivity index (χ3n) is 2.67. The Morgan fingerprint density at radius 2 is 2.13 bits per heavy atom. The molecule has 2 heterocycles. The number of nitrogens with zero attached hydrogens (tertiary/aromatic N) is 2. The normalized spacial score (nSPS) is 28.3. The maximum atomic E-state index is 4.32. The second-order valence-electron chi connectivity index (χ2n) is 3.63. The van der Waals surface area contributed by atoms with Gasteiger partial charge in [-0.25, -0.2) is 0 Å². The molecule has 1 aliphatic carbocycles. The van der Waals surface area contributed by atoms with Gasteiger partial charge in [0.05, 0.1) is 5.70 Å². The fourth-order valence-corrected chi connectivity index (χ4v) is 1.89. The predicted molar refractivity (Wildman–Crippen MR) is 63.1 cm³/mol. The first-order chi connectivity index (χ1) is 7.43. The Labute approximate surface area is 88.4 Å². The van der Waals surface area contributed by atoms with E-state index >= 15 is 0 Å². The van der Waals surface area contributed by atoms with Gasteiger partial charge in [0, 0.05) is 25.0 Å². The van der Waals surface area contributed by atoms with E-state index in [1.54, 1.807) is 6.21 Å². The summed E-state index contributed by atoms with van der Waals surface area (Å²) in [5.41, 5.74) is 4.95. The number of aliphatic imine (C=N–C) groups is 2. The van der Waals surface area contributed by atoms with Gasteiger partial charge in [-0.3, -0.25) is 9.98 Å². The summed E-state index contributed by atoms with van der Waals surface area (Å²) in [6.45, 7) is 0. The van der Waals surface area contributed by atoms with Gasteiger partial charge in [-0.05, 0) is 41.0 Å². The quantitative estimate of drug-likeness (QED) is 0.566. The predicted octanol–water partition coefficient (Wildman–Crippen LogP) is 2.74. The van der Waals surface area contributed by atoms with Crippen molar-refractivity contribution in [1.82, 2.24) is 0 Å². The van der Waals surface area contributed by atoms with Gasteiger partial charge in [-0.15, -0.1) is 0 Å². The molecule has 0 saturated carbocycles. The van der Waals surface area contributed by atoms with E-state index in [1.807, 2.05) is 24.6 Å². The van der Waals surface area contributed by atoms with Crippen LogP contribution in [-0.2, 0) is 0 Å². The third kappa shape index (κ3) is 1.44. The van der Waals surface area contributed by atoms with Crippen LogP contribution in [0.1, 0.15) is 6.42 Å². The van der Waals surface area contributed by atoms with Crippen LogP contribution in [0.2, 0.25) is 0 Å². The van der Waals surface area contributed by atoms with Gasteiger partial charge in [0.1, 0.15) is 0 Å². The van der Waals surface area contributed by atoms with E-state index in [9.17, 15) is 0 Å². The lowest BCUT2D eigenvalue weighted by molar-refractivity contribution is 1.11. The first-order valence-corrected chi connectivity index (χ1v) is 4.98. The number of fused-ring (bicyclic) bond motifs is 1. The highest BCUT2D eigenvalue weighted by Gasteiger charge is 2.16. The average molecular weight is 194 g/mol. The molecule has 0 saturated heterocycles. The van der Waals surface area contributed by atoms with Crippen molar-refractivity contribution in [2.24, 2.45) is 9.98 Å². The molecule has 3 rings (SSSR count). The molecule has 0 fully saturated rings. The summed E-state index contributed by atoms with van der Waals surface area (Å²) in [7, 11) is 0. The van der Waals surface area contributed by atoms with Crippen molar-refractivity contribution in [1.29, 1.82) is 0 Å². The van der Waals surface area contributed by atoms with Gasteiger partial charge < -0.3 is 0 Å². The highest BCUT2D eigenvalue weighted by Crippen LogP contribution is 2.32. The van der Waals surface area contributed by atoms with Crippen molar-refractivity contribution in [2.75, 3.05) is 0 Å². The van der Waals surface area contributed by atoms with Crippen molar-refractivity contribution < 1.29 is 0 Å². The van der Waals surface area contributed by atoms with E-state index in [0.29, 0.717) is 0 Å². The summed E-state index contributed by atoms with van der Waals surface area (Å²) < 4.78 is 0. The lowest BCUT2D eigenvalue weighted by Crippen LogP contribution is -1.98. The molecule has 15 heavy (non-hydrogen) atoms. The van der Waals surface area contributed by atoms with Gasteiger partial charge in [0.15, 0.2) is 0 Å². The Morgan fingerprint density at radius 3 is 3.13 bits per heavy atom. The molecule has 2 aliphatic heterocycles. The monoisotopic (exact) mass is 194 g/mol. The van der Waals surface area contributed by atoms with Gasteiger partial charge in [-0.2, -0.15) is 0 Å². The standard InChI is InChI=1S/C13H10N2/c1-2-10-8-12-4-7-15-13(12)9-11(10)3-6-14-5-1/h1-7,9H,8H2/b2-1-,5-1?,6-3-,10-2?,11-3?,14-5-,14-6?. The molecule has 0 aromatic carbocycles. The molecule has 3 aliphatic rings. The number of hydrogen-bond acceptors (Lipinski definition) is 2. The molecule has 0 aromatic heterocycles. The summed E-state index contributed by atoms with van der Waals surface area (Å²) in [4.78, 5) is 8.41. The third-order valence-corrected chi connectivity index (χ3v) is 2.67. The SMILES string of the molecule is C1=NC2=CC3=C(\C=C/C=N\C=C/3)CC2=C1.